The quantitative estimate of drug-likeness (QED) is 0.752. The van der Waals surface area contributed by atoms with E-state index < -0.39 is 5.97 Å². The van der Waals surface area contributed by atoms with Crippen LogP contribution >= 0.6 is 0 Å². The van der Waals surface area contributed by atoms with Gasteiger partial charge in [0.15, 0.2) is 0 Å². The molecule has 4 nitrogen and oxygen atoms in total. The molecule has 0 spiro atoms. The van der Waals surface area contributed by atoms with Crippen LogP contribution in [0, 0.1) is 5.41 Å². The molecule has 0 aromatic heterocycles. The Morgan fingerprint density at radius 3 is 1.89 bits per heavy atom. The van der Waals surface area contributed by atoms with Gasteiger partial charge in [0, 0.05) is 5.97 Å². The van der Waals surface area contributed by atoms with Crippen molar-refractivity contribution in [2.24, 2.45) is 5.41 Å². The molecule has 0 aromatic rings. The van der Waals surface area contributed by atoms with E-state index in [-0.39, 0.29) is 17.9 Å². The van der Waals surface area contributed by atoms with Crippen molar-refractivity contribution in [2.75, 3.05) is 27.7 Å². The Hall–Kier alpha value is -0.610. The Kier molecular flexibility index (Phi) is 9.30. The summed E-state index contributed by atoms with van der Waals surface area (Å²) in [6.07, 6.45) is 1.68. The Morgan fingerprint density at radius 2 is 1.72 bits per heavy atom. The van der Waals surface area contributed by atoms with Gasteiger partial charge < -0.3 is 19.5 Å². The van der Waals surface area contributed by atoms with Crippen molar-refractivity contribution < 1.29 is 19.5 Å². The lowest BCUT2D eigenvalue weighted by atomic mass is 9.90. The molecule has 0 saturated carbocycles. The topological polar surface area (TPSA) is 60.4 Å². The first kappa shape index (κ1) is 19.7. The zero-order chi connectivity index (χ0) is 15.0. The molecule has 0 heterocycles. The van der Waals surface area contributed by atoms with Crippen LogP contribution in [0.25, 0.3) is 0 Å². The summed E-state index contributed by atoms with van der Waals surface area (Å²) in [5.74, 6) is -0.941. The van der Waals surface area contributed by atoms with E-state index in [0.29, 0.717) is 0 Å². The van der Waals surface area contributed by atoms with Gasteiger partial charge in [0.2, 0.25) is 0 Å². The highest BCUT2D eigenvalue weighted by molar-refractivity contribution is 5.64. The minimum Gasteiger partial charge on any atom is -0.550 e. The first-order chi connectivity index (χ1) is 7.83. The molecule has 0 radical (unpaired) electrons. The largest absolute Gasteiger partial charge is 0.550 e. The normalized spacial score (nSPS) is 13.6. The van der Waals surface area contributed by atoms with Crippen molar-refractivity contribution in [1.29, 1.82) is 0 Å². The third-order valence-corrected chi connectivity index (χ3v) is 2.12. The van der Waals surface area contributed by atoms with Crippen molar-refractivity contribution in [3.8, 4) is 0 Å². The number of aliphatic carboxylic acids is 1. The van der Waals surface area contributed by atoms with Crippen LogP contribution in [0.5, 0.6) is 0 Å². The maximum Gasteiger partial charge on any atom is 0.104 e. The molecule has 0 rings (SSSR count). The van der Waals surface area contributed by atoms with Crippen LogP contribution in [-0.4, -0.2) is 49.4 Å². The van der Waals surface area contributed by atoms with E-state index in [0.717, 1.165) is 23.9 Å². The fourth-order valence-electron chi connectivity index (χ4n) is 1.56. The van der Waals surface area contributed by atoms with Gasteiger partial charge in [0.1, 0.15) is 12.6 Å². The lowest BCUT2D eigenvalue weighted by Gasteiger charge is -2.24. The highest BCUT2D eigenvalue weighted by Crippen LogP contribution is 2.20. The van der Waals surface area contributed by atoms with Crippen LogP contribution in [0.1, 0.15) is 47.0 Å². The molecule has 110 valence electrons. The summed E-state index contributed by atoms with van der Waals surface area (Å²) in [4.78, 5) is 9.97. The molecular weight excluding hydrogens is 230 g/mol. The van der Waals surface area contributed by atoms with Gasteiger partial charge in [-0.2, -0.15) is 0 Å². The van der Waals surface area contributed by atoms with Crippen LogP contribution in [-0.2, 0) is 4.79 Å². The summed E-state index contributed by atoms with van der Waals surface area (Å²) in [5.41, 5.74) is 0.245. The van der Waals surface area contributed by atoms with E-state index in [1.165, 1.54) is 0 Å². The molecule has 0 aliphatic carbocycles. The smallest absolute Gasteiger partial charge is 0.104 e. The fraction of sp³-hybridized carbons (Fsp3) is 0.929. The maximum absolute atomic E-state index is 9.97. The first-order valence-electron chi connectivity index (χ1n) is 6.52. The molecule has 4 heteroatoms. The minimum atomic E-state index is -0.941. The number of carboxylic acids is 1. The Labute approximate surface area is 112 Å². The first-order valence-corrected chi connectivity index (χ1v) is 6.52. The number of aliphatic hydroxyl groups is 1. The second-order valence-corrected chi connectivity index (χ2v) is 7.11. The number of carbonyl (C=O) groups is 1. The van der Waals surface area contributed by atoms with Crippen LogP contribution < -0.4 is 5.11 Å². The molecule has 0 aliphatic rings. The monoisotopic (exact) mass is 261 g/mol. The van der Waals surface area contributed by atoms with Gasteiger partial charge in [-0.15, -0.1) is 0 Å². The van der Waals surface area contributed by atoms with Crippen LogP contribution in [0.4, 0.5) is 0 Å². The second-order valence-electron chi connectivity index (χ2n) is 7.11. The lowest BCUT2D eigenvalue weighted by molar-refractivity contribution is -0.873. The second kappa shape index (κ2) is 8.48. The Balaban J connectivity index is 0. The molecule has 1 atom stereocenters. The number of rotatable bonds is 5. The van der Waals surface area contributed by atoms with Crippen molar-refractivity contribution >= 4 is 5.97 Å². The van der Waals surface area contributed by atoms with Crippen molar-refractivity contribution in [2.45, 2.75) is 53.1 Å². The van der Waals surface area contributed by atoms with Gasteiger partial charge in [0.05, 0.1) is 21.1 Å². The van der Waals surface area contributed by atoms with E-state index in [2.05, 4.69) is 41.9 Å². The lowest BCUT2D eigenvalue weighted by Crippen LogP contribution is -2.40. The van der Waals surface area contributed by atoms with E-state index in [1.807, 2.05) is 6.92 Å². The number of aliphatic hydroxyl groups excluding tert-OH is 1. The summed E-state index contributed by atoms with van der Waals surface area (Å²) in [7, 11) is 6.19. The minimum absolute atomic E-state index is 0.185. The third-order valence-electron chi connectivity index (χ3n) is 2.12. The molecule has 0 aromatic carbocycles. The molecule has 1 unspecified atom stereocenters. The van der Waals surface area contributed by atoms with E-state index in [4.69, 9.17) is 5.11 Å². The summed E-state index contributed by atoms with van der Waals surface area (Å²) >= 11 is 0. The highest BCUT2D eigenvalue weighted by Gasteiger charge is 2.09. The number of hydrogen-bond donors (Lipinski definition) is 1. The molecule has 1 N–H and O–H groups in total. The zero-order valence-corrected chi connectivity index (χ0v) is 13.1. The average Bonchev–Trinajstić information content (AvgIpc) is 1.95. The highest BCUT2D eigenvalue weighted by atomic mass is 16.4. The van der Waals surface area contributed by atoms with Gasteiger partial charge in [-0.3, -0.25) is 0 Å². The van der Waals surface area contributed by atoms with Crippen LogP contribution in [0.3, 0.4) is 0 Å². The fourth-order valence-corrected chi connectivity index (χ4v) is 1.56. The Bertz CT molecular complexity index is 224. The summed E-state index contributed by atoms with van der Waals surface area (Å²) in [6, 6.07) is 0. The average molecular weight is 261 g/mol. The van der Waals surface area contributed by atoms with Gasteiger partial charge >= 0.3 is 0 Å². The zero-order valence-electron chi connectivity index (χ0n) is 13.1. The van der Waals surface area contributed by atoms with Gasteiger partial charge in [-0.05, 0) is 31.6 Å². The molecule has 0 fully saturated rings. The van der Waals surface area contributed by atoms with Crippen LogP contribution in [0.15, 0.2) is 0 Å². The van der Waals surface area contributed by atoms with Gasteiger partial charge in [0.25, 0.3) is 0 Å². The maximum atomic E-state index is 9.97. The number of carboxylic acid groups (broad SMARTS) is 1. The summed E-state index contributed by atoms with van der Waals surface area (Å²) < 4.78 is 0.831. The van der Waals surface area contributed by atoms with E-state index in [1.54, 1.807) is 0 Å². The number of nitrogens with zero attached hydrogens (tertiary/aromatic N) is 1. The van der Waals surface area contributed by atoms with Crippen LogP contribution in [0.2, 0.25) is 0 Å². The van der Waals surface area contributed by atoms with E-state index >= 15 is 0 Å². The van der Waals surface area contributed by atoms with Gasteiger partial charge in [-0.25, -0.2) is 0 Å². The Morgan fingerprint density at radius 1 is 1.28 bits per heavy atom. The summed E-state index contributed by atoms with van der Waals surface area (Å²) in [6.45, 7) is 8.93. The number of likely N-dealkylation sites (N-methyl/N-ethyl adjacent to an activating group) is 1. The molecule has 0 saturated heterocycles. The van der Waals surface area contributed by atoms with Gasteiger partial charge in [-0.1, -0.05) is 20.8 Å². The molecule has 0 aliphatic heterocycles. The number of hydrogen-bond acceptors (Lipinski definition) is 3. The predicted octanol–water partition coefficient (Wildman–Crippen LogP) is 1.03. The van der Waals surface area contributed by atoms with E-state index in [9.17, 15) is 9.90 Å². The van der Waals surface area contributed by atoms with Crippen molar-refractivity contribution in [3.05, 3.63) is 0 Å². The molecule has 0 amide bonds. The van der Waals surface area contributed by atoms with Crippen molar-refractivity contribution in [3.63, 3.8) is 0 Å². The SMILES string of the molecule is CC(C)(C)CCCC(=O)[O-].CC(O)C[N+](C)(C)C. The molecular formula is C14H31NO3. The molecule has 18 heavy (non-hydrogen) atoms. The number of carbonyl (C=O) groups excluding carboxylic acids is 1. The number of quaternary nitrogens is 1. The summed E-state index contributed by atoms with van der Waals surface area (Å²) in [5, 5.41) is 18.8. The van der Waals surface area contributed by atoms with Crippen molar-refractivity contribution in [1.82, 2.24) is 0 Å². The predicted molar refractivity (Wildman–Crippen MR) is 72.9 cm³/mol. The molecule has 0 bridgehead atoms. The third kappa shape index (κ3) is 24.6. The standard InChI is InChI=1S/C8H16O2.C6H16NO/c1-8(2,3)6-4-5-7(9)10;1-6(8)5-7(2,3)4/h4-6H2,1-3H3,(H,9,10);6,8H,5H2,1-4H3/q;+1/p-1.